The van der Waals surface area contributed by atoms with Gasteiger partial charge in [0.2, 0.25) is 0 Å². The molecule has 3 heteroatoms. The summed E-state index contributed by atoms with van der Waals surface area (Å²) in [5.74, 6) is 0. The van der Waals surface area contributed by atoms with Crippen molar-refractivity contribution in [3.63, 3.8) is 0 Å². The van der Waals surface area contributed by atoms with E-state index >= 15 is 0 Å². The maximum atomic E-state index is 9.59. The van der Waals surface area contributed by atoms with Gasteiger partial charge in [0.1, 0.15) is 11.8 Å². The molecule has 0 bridgehead atoms. The lowest BCUT2D eigenvalue weighted by Gasteiger charge is -2.14. The van der Waals surface area contributed by atoms with E-state index in [0.717, 1.165) is 5.69 Å². The monoisotopic (exact) mass is 337 g/mol. The first-order valence-corrected chi connectivity index (χ1v) is 8.65. The topological polar surface area (TPSA) is 54.7 Å². The Bertz CT molecular complexity index is 1100. The molecule has 1 heterocycles. The molecule has 0 amide bonds. The Kier molecular flexibility index (Phi) is 4.17. The normalized spacial score (nSPS) is 10.7. The van der Waals surface area contributed by atoms with Crippen molar-refractivity contribution in [2.75, 3.05) is 5.73 Å². The molecule has 0 radical (unpaired) electrons. The zero-order valence-electron chi connectivity index (χ0n) is 14.4. The number of rotatable bonds is 4. The van der Waals surface area contributed by atoms with Crippen molar-refractivity contribution >= 4 is 16.5 Å². The van der Waals surface area contributed by atoms with Crippen LogP contribution in [0.25, 0.3) is 10.8 Å². The lowest BCUT2D eigenvalue weighted by atomic mass is 10.0. The van der Waals surface area contributed by atoms with E-state index < -0.39 is 0 Å². The van der Waals surface area contributed by atoms with Crippen LogP contribution in [0.3, 0.4) is 0 Å². The molecule has 2 N–H and O–H groups in total. The molecule has 126 valence electrons. The fraction of sp³-hybridized carbons (Fsp3) is 0.0870. The highest BCUT2D eigenvalue weighted by molar-refractivity contribution is 5.85. The van der Waals surface area contributed by atoms with Crippen molar-refractivity contribution in [1.29, 1.82) is 5.26 Å². The first-order chi connectivity index (χ1) is 12.8. The minimum Gasteiger partial charge on any atom is -0.397 e. The Hall–Kier alpha value is -3.51. The van der Waals surface area contributed by atoms with E-state index in [1.165, 1.54) is 21.9 Å². The molecule has 3 aromatic carbocycles. The number of nitrogen functional groups attached to an aromatic ring is 1. The summed E-state index contributed by atoms with van der Waals surface area (Å²) in [7, 11) is 0. The van der Waals surface area contributed by atoms with Gasteiger partial charge in [-0.05, 0) is 28.0 Å². The summed E-state index contributed by atoms with van der Waals surface area (Å²) >= 11 is 0. The van der Waals surface area contributed by atoms with E-state index in [9.17, 15) is 5.26 Å². The summed E-state index contributed by atoms with van der Waals surface area (Å²) in [6.45, 7) is 0.629. The molecule has 26 heavy (non-hydrogen) atoms. The summed E-state index contributed by atoms with van der Waals surface area (Å²) < 4.78 is 2.05. The third kappa shape index (κ3) is 2.94. The molecule has 0 saturated carbocycles. The number of anilines is 1. The van der Waals surface area contributed by atoms with E-state index in [0.29, 0.717) is 24.3 Å². The Morgan fingerprint density at radius 3 is 2.42 bits per heavy atom. The fourth-order valence-corrected chi connectivity index (χ4v) is 3.47. The summed E-state index contributed by atoms with van der Waals surface area (Å²) in [6.07, 6.45) is 0.707. The van der Waals surface area contributed by atoms with Gasteiger partial charge in [-0.3, -0.25) is 0 Å². The number of hydrogen-bond acceptors (Lipinski definition) is 2. The standard InChI is InChI=1S/C23H19N3/c24-15-20-14-22(25)23(13-17-7-2-1-3-8-17)26(20)16-19-11-6-10-18-9-4-5-12-21(18)19/h1-12,14H,13,16,25H2. The third-order valence-electron chi connectivity index (χ3n) is 4.78. The van der Waals surface area contributed by atoms with Crippen molar-refractivity contribution in [1.82, 2.24) is 4.57 Å². The van der Waals surface area contributed by atoms with Gasteiger partial charge in [0.15, 0.2) is 0 Å². The van der Waals surface area contributed by atoms with E-state index in [1.54, 1.807) is 6.07 Å². The Balaban J connectivity index is 1.79. The fourth-order valence-electron chi connectivity index (χ4n) is 3.47. The smallest absolute Gasteiger partial charge is 0.122 e. The van der Waals surface area contributed by atoms with Crippen molar-refractivity contribution in [3.05, 3.63) is 101 Å². The summed E-state index contributed by atoms with van der Waals surface area (Å²) in [4.78, 5) is 0. The minimum absolute atomic E-state index is 0.598. The average molecular weight is 337 g/mol. The van der Waals surface area contributed by atoms with Crippen molar-refractivity contribution in [2.24, 2.45) is 0 Å². The SMILES string of the molecule is N#Cc1cc(N)c(Cc2ccccc2)n1Cc1cccc2ccccc12. The Morgan fingerprint density at radius 2 is 1.62 bits per heavy atom. The average Bonchev–Trinajstić information content (AvgIpc) is 2.98. The van der Waals surface area contributed by atoms with E-state index in [-0.39, 0.29) is 0 Å². The van der Waals surface area contributed by atoms with Crippen LogP contribution in [0.1, 0.15) is 22.5 Å². The van der Waals surface area contributed by atoms with Crippen LogP contribution in [0, 0.1) is 11.3 Å². The zero-order chi connectivity index (χ0) is 17.9. The molecular weight excluding hydrogens is 318 g/mol. The molecule has 0 atom stereocenters. The van der Waals surface area contributed by atoms with Gasteiger partial charge < -0.3 is 10.3 Å². The molecule has 0 spiro atoms. The molecule has 4 rings (SSSR count). The zero-order valence-corrected chi connectivity index (χ0v) is 14.4. The maximum absolute atomic E-state index is 9.59. The van der Waals surface area contributed by atoms with Gasteiger partial charge in [-0.15, -0.1) is 0 Å². The number of benzene rings is 3. The van der Waals surface area contributed by atoms with Crippen LogP contribution >= 0.6 is 0 Å². The van der Waals surface area contributed by atoms with Crippen LogP contribution < -0.4 is 5.73 Å². The first-order valence-electron chi connectivity index (χ1n) is 8.65. The molecule has 0 aliphatic carbocycles. The molecule has 0 aliphatic heterocycles. The second-order valence-electron chi connectivity index (χ2n) is 6.43. The highest BCUT2D eigenvalue weighted by Crippen LogP contribution is 2.25. The molecule has 0 fully saturated rings. The van der Waals surface area contributed by atoms with Gasteiger partial charge >= 0.3 is 0 Å². The number of nitrogens with two attached hydrogens (primary N) is 1. The third-order valence-corrected chi connectivity index (χ3v) is 4.78. The second kappa shape index (κ2) is 6.78. The number of fused-ring (bicyclic) bond motifs is 1. The van der Waals surface area contributed by atoms with E-state index in [2.05, 4.69) is 48.5 Å². The number of nitriles is 1. The summed E-state index contributed by atoms with van der Waals surface area (Å²) in [6, 6.07) is 28.9. The van der Waals surface area contributed by atoms with E-state index in [4.69, 9.17) is 5.73 Å². The quantitative estimate of drug-likeness (QED) is 0.585. The van der Waals surface area contributed by atoms with Crippen molar-refractivity contribution in [3.8, 4) is 6.07 Å². The van der Waals surface area contributed by atoms with Gasteiger partial charge in [0, 0.05) is 18.7 Å². The lowest BCUT2D eigenvalue weighted by molar-refractivity contribution is 0.753. The van der Waals surface area contributed by atoms with Gasteiger partial charge in [-0.25, -0.2) is 0 Å². The molecule has 1 aromatic heterocycles. The summed E-state index contributed by atoms with van der Waals surface area (Å²) in [5.41, 5.74) is 10.9. The van der Waals surface area contributed by atoms with Crippen LogP contribution in [0.5, 0.6) is 0 Å². The molecule has 0 aliphatic rings. The second-order valence-corrected chi connectivity index (χ2v) is 6.43. The molecule has 0 unspecified atom stereocenters. The Labute approximate surface area is 152 Å². The minimum atomic E-state index is 0.598. The largest absolute Gasteiger partial charge is 0.397 e. The summed E-state index contributed by atoms with van der Waals surface area (Å²) in [5, 5.41) is 12.0. The van der Waals surface area contributed by atoms with Gasteiger partial charge in [-0.2, -0.15) is 5.26 Å². The van der Waals surface area contributed by atoms with Gasteiger partial charge in [-0.1, -0.05) is 72.8 Å². The highest BCUT2D eigenvalue weighted by atomic mass is 15.0. The molecule has 3 nitrogen and oxygen atoms in total. The van der Waals surface area contributed by atoms with Crippen molar-refractivity contribution < 1.29 is 0 Å². The Morgan fingerprint density at radius 1 is 0.885 bits per heavy atom. The molecular formula is C23H19N3. The van der Waals surface area contributed by atoms with Crippen LogP contribution in [0.4, 0.5) is 5.69 Å². The number of hydrogen-bond donors (Lipinski definition) is 1. The lowest BCUT2D eigenvalue weighted by Crippen LogP contribution is -2.09. The molecule has 0 saturated heterocycles. The molecule has 4 aromatic rings. The highest BCUT2D eigenvalue weighted by Gasteiger charge is 2.15. The van der Waals surface area contributed by atoms with E-state index in [1.807, 2.05) is 34.9 Å². The number of aromatic nitrogens is 1. The maximum Gasteiger partial charge on any atom is 0.122 e. The predicted octanol–water partition coefficient (Wildman–Crippen LogP) is 4.73. The van der Waals surface area contributed by atoms with Crippen molar-refractivity contribution in [2.45, 2.75) is 13.0 Å². The van der Waals surface area contributed by atoms with Crippen LogP contribution in [-0.4, -0.2) is 4.57 Å². The van der Waals surface area contributed by atoms with Gasteiger partial charge in [0.05, 0.1) is 5.69 Å². The predicted molar refractivity (Wildman–Crippen MR) is 106 cm³/mol. The van der Waals surface area contributed by atoms with Crippen LogP contribution in [0.15, 0.2) is 78.9 Å². The van der Waals surface area contributed by atoms with Gasteiger partial charge in [0.25, 0.3) is 0 Å². The number of nitrogens with zero attached hydrogens (tertiary/aromatic N) is 2. The van der Waals surface area contributed by atoms with Crippen LogP contribution in [0.2, 0.25) is 0 Å². The van der Waals surface area contributed by atoms with Crippen LogP contribution in [-0.2, 0) is 13.0 Å². The first kappa shape index (κ1) is 16.0.